The molecule has 2 aromatic carbocycles. The van der Waals surface area contributed by atoms with E-state index in [9.17, 15) is 13.6 Å². The van der Waals surface area contributed by atoms with E-state index in [0.29, 0.717) is 6.07 Å². The van der Waals surface area contributed by atoms with Gasteiger partial charge in [-0.05, 0) is 30.2 Å². The van der Waals surface area contributed by atoms with Crippen molar-refractivity contribution in [1.29, 1.82) is 0 Å². The molecule has 4 nitrogen and oxygen atoms in total. The Kier molecular flexibility index (Phi) is 4.64. The van der Waals surface area contributed by atoms with E-state index in [2.05, 4.69) is 5.32 Å². The van der Waals surface area contributed by atoms with E-state index in [-0.39, 0.29) is 30.2 Å². The first-order valence-corrected chi connectivity index (χ1v) is 7.58. The van der Waals surface area contributed by atoms with Gasteiger partial charge < -0.3 is 14.8 Å². The number of hydrogen-bond donors (Lipinski definition) is 1. The van der Waals surface area contributed by atoms with E-state index >= 15 is 0 Å². The standard InChI is InChI=1S/C18H17F2NO3/c1-23-16-5-3-2-4-12(16)13-9-15(13)21-18(22)10-24-17-7-6-11(19)8-14(17)20/h2-8,13,15H,9-10H2,1H3,(H,21,22). The second-order valence-electron chi connectivity index (χ2n) is 5.62. The van der Waals surface area contributed by atoms with Crippen LogP contribution in [0.25, 0.3) is 0 Å². The second kappa shape index (κ2) is 6.86. The fourth-order valence-electron chi connectivity index (χ4n) is 2.65. The second-order valence-corrected chi connectivity index (χ2v) is 5.62. The van der Waals surface area contributed by atoms with E-state index in [1.54, 1.807) is 7.11 Å². The van der Waals surface area contributed by atoms with E-state index < -0.39 is 11.6 Å². The predicted octanol–water partition coefficient (Wildman–Crippen LogP) is 3.02. The van der Waals surface area contributed by atoms with E-state index in [4.69, 9.17) is 9.47 Å². The van der Waals surface area contributed by atoms with Crippen LogP contribution in [0.4, 0.5) is 8.78 Å². The summed E-state index contributed by atoms with van der Waals surface area (Å²) in [4.78, 5) is 11.9. The van der Waals surface area contributed by atoms with Crippen molar-refractivity contribution in [2.45, 2.75) is 18.4 Å². The van der Waals surface area contributed by atoms with Crippen LogP contribution in [0.2, 0.25) is 0 Å². The lowest BCUT2D eigenvalue weighted by molar-refractivity contribution is -0.123. The van der Waals surface area contributed by atoms with Gasteiger partial charge in [-0.15, -0.1) is 0 Å². The Bertz CT molecular complexity index is 751. The first-order valence-electron chi connectivity index (χ1n) is 7.58. The molecular weight excluding hydrogens is 316 g/mol. The molecule has 1 fully saturated rings. The van der Waals surface area contributed by atoms with E-state index in [1.807, 2.05) is 24.3 Å². The molecule has 2 aromatic rings. The van der Waals surface area contributed by atoms with Crippen molar-refractivity contribution in [2.24, 2.45) is 0 Å². The molecule has 0 spiro atoms. The van der Waals surface area contributed by atoms with Crippen LogP contribution in [0.15, 0.2) is 42.5 Å². The van der Waals surface area contributed by atoms with Crippen molar-refractivity contribution in [2.75, 3.05) is 13.7 Å². The van der Waals surface area contributed by atoms with Crippen LogP contribution in [-0.4, -0.2) is 25.7 Å². The van der Waals surface area contributed by atoms with Gasteiger partial charge in [0.1, 0.15) is 11.6 Å². The minimum absolute atomic E-state index is 0.00969. The molecule has 0 radical (unpaired) electrons. The molecule has 2 unspecified atom stereocenters. The minimum atomic E-state index is -0.832. The summed E-state index contributed by atoms with van der Waals surface area (Å²) in [6, 6.07) is 10.6. The third-order valence-corrected chi connectivity index (χ3v) is 3.93. The number of methoxy groups -OCH3 is 1. The molecule has 24 heavy (non-hydrogen) atoms. The van der Waals surface area contributed by atoms with Crippen molar-refractivity contribution in [3.63, 3.8) is 0 Å². The smallest absolute Gasteiger partial charge is 0.258 e. The fraction of sp³-hybridized carbons (Fsp3) is 0.278. The maximum atomic E-state index is 13.4. The number of carbonyl (C=O) groups is 1. The van der Waals surface area contributed by atoms with Gasteiger partial charge in [0.05, 0.1) is 7.11 Å². The molecule has 1 N–H and O–H groups in total. The van der Waals surface area contributed by atoms with Crippen LogP contribution in [-0.2, 0) is 4.79 Å². The number of para-hydroxylation sites is 1. The number of benzene rings is 2. The highest BCUT2D eigenvalue weighted by Gasteiger charge is 2.41. The lowest BCUT2D eigenvalue weighted by Gasteiger charge is -2.10. The van der Waals surface area contributed by atoms with Crippen molar-refractivity contribution in [3.8, 4) is 11.5 Å². The summed E-state index contributed by atoms with van der Waals surface area (Å²) >= 11 is 0. The summed E-state index contributed by atoms with van der Waals surface area (Å²) < 4.78 is 36.6. The van der Waals surface area contributed by atoms with Gasteiger partial charge in [0.25, 0.3) is 5.91 Å². The van der Waals surface area contributed by atoms with Crippen LogP contribution in [0.3, 0.4) is 0 Å². The Morgan fingerprint density at radius 1 is 1.21 bits per heavy atom. The summed E-state index contributed by atoms with van der Waals surface area (Å²) in [5.41, 5.74) is 1.05. The monoisotopic (exact) mass is 333 g/mol. The molecule has 3 rings (SSSR count). The number of amides is 1. The SMILES string of the molecule is COc1ccccc1C1CC1NC(=O)COc1ccc(F)cc1F. The number of rotatable bonds is 6. The normalized spacial score (nSPS) is 18.8. The van der Waals surface area contributed by atoms with Crippen LogP contribution in [0.1, 0.15) is 17.9 Å². The molecule has 0 heterocycles. The largest absolute Gasteiger partial charge is 0.496 e. The zero-order valence-electron chi connectivity index (χ0n) is 13.1. The molecule has 0 aromatic heterocycles. The van der Waals surface area contributed by atoms with E-state index in [0.717, 1.165) is 29.9 Å². The predicted molar refractivity (Wildman–Crippen MR) is 84.1 cm³/mol. The molecule has 1 saturated carbocycles. The van der Waals surface area contributed by atoms with Crippen LogP contribution < -0.4 is 14.8 Å². The number of hydrogen-bond acceptors (Lipinski definition) is 3. The van der Waals surface area contributed by atoms with Crippen LogP contribution >= 0.6 is 0 Å². The maximum Gasteiger partial charge on any atom is 0.258 e. The Hall–Kier alpha value is -2.63. The molecule has 0 saturated heterocycles. The van der Waals surface area contributed by atoms with Gasteiger partial charge in [-0.3, -0.25) is 4.79 Å². The first-order chi connectivity index (χ1) is 11.6. The van der Waals surface area contributed by atoms with Crippen LogP contribution in [0.5, 0.6) is 11.5 Å². The highest BCUT2D eigenvalue weighted by Crippen LogP contribution is 2.44. The molecule has 2 atom stereocenters. The van der Waals surface area contributed by atoms with Gasteiger partial charge in [-0.25, -0.2) is 8.78 Å². The summed E-state index contributed by atoms with van der Waals surface area (Å²) in [5, 5.41) is 2.84. The van der Waals surface area contributed by atoms with Gasteiger partial charge in [-0.2, -0.15) is 0 Å². The maximum absolute atomic E-state index is 13.4. The Labute approximate surface area is 138 Å². The number of nitrogens with one attached hydrogen (secondary N) is 1. The minimum Gasteiger partial charge on any atom is -0.496 e. The summed E-state index contributed by atoms with van der Waals surface area (Å²) in [6.07, 6.45) is 0.816. The zero-order chi connectivity index (χ0) is 17.1. The van der Waals surface area contributed by atoms with Gasteiger partial charge in [0, 0.05) is 18.0 Å². The fourth-order valence-corrected chi connectivity index (χ4v) is 2.65. The van der Waals surface area contributed by atoms with Gasteiger partial charge in [-0.1, -0.05) is 18.2 Å². The average Bonchev–Trinajstić information content (AvgIpc) is 3.33. The third-order valence-electron chi connectivity index (χ3n) is 3.93. The third kappa shape index (κ3) is 3.64. The highest BCUT2D eigenvalue weighted by molar-refractivity contribution is 5.78. The van der Waals surface area contributed by atoms with Gasteiger partial charge in [0.2, 0.25) is 0 Å². The van der Waals surface area contributed by atoms with Crippen molar-refractivity contribution >= 4 is 5.91 Å². The Morgan fingerprint density at radius 2 is 2.00 bits per heavy atom. The van der Waals surface area contributed by atoms with Crippen molar-refractivity contribution in [1.82, 2.24) is 5.32 Å². The average molecular weight is 333 g/mol. The lowest BCUT2D eigenvalue weighted by atomic mass is 10.1. The molecule has 1 aliphatic carbocycles. The van der Waals surface area contributed by atoms with Crippen molar-refractivity contribution in [3.05, 3.63) is 59.7 Å². The zero-order valence-corrected chi connectivity index (χ0v) is 13.1. The summed E-state index contributed by atoms with van der Waals surface area (Å²) in [5.74, 6) is -1.02. The Balaban J connectivity index is 1.52. The van der Waals surface area contributed by atoms with Gasteiger partial charge in [0.15, 0.2) is 18.2 Å². The molecule has 126 valence electrons. The lowest BCUT2D eigenvalue weighted by Crippen LogP contribution is -2.31. The topological polar surface area (TPSA) is 47.6 Å². The molecular formula is C18H17F2NO3. The van der Waals surface area contributed by atoms with Gasteiger partial charge >= 0.3 is 0 Å². The molecule has 1 amide bonds. The number of ether oxygens (including phenoxy) is 2. The molecule has 6 heteroatoms. The summed E-state index contributed by atoms with van der Waals surface area (Å²) in [7, 11) is 1.61. The Morgan fingerprint density at radius 3 is 2.75 bits per heavy atom. The number of halogens is 2. The first kappa shape index (κ1) is 16.2. The summed E-state index contributed by atoms with van der Waals surface area (Å²) in [6.45, 7) is -0.322. The number of carbonyl (C=O) groups excluding carboxylic acids is 1. The van der Waals surface area contributed by atoms with E-state index in [1.165, 1.54) is 0 Å². The van der Waals surface area contributed by atoms with Crippen molar-refractivity contribution < 1.29 is 23.0 Å². The van der Waals surface area contributed by atoms with Crippen LogP contribution in [0, 0.1) is 11.6 Å². The molecule has 0 bridgehead atoms. The molecule has 0 aliphatic heterocycles. The molecule has 1 aliphatic rings. The highest BCUT2D eigenvalue weighted by atomic mass is 19.1. The quantitative estimate of drug-likeness (QED) is 0.884.